The smallest absolute Gasteiger partial charge is 0.227 e. The summed E-state index contributed by atoms with van der Waals surface area (Å²) in [5, 5.41) is 8.07. The number of hydrogen-bond acceptors (Lipinski definition) is 3. The first-order valence-electron chi connectivity index (χ1n) is 9.20. The van der Waals surface area contributed by atoms with Crippen LogP contribution in [0.5, 0.6) is 0 Å². The molecule has 1 saturated heterocycles. The molecule has 138 valence electrons. The van der Waals surface area contributed by atoms with E-state index in [1.807, 2.05) is 47.5 Å². The van der Waals surface area contributed by atoms with Gasteiger partial charge in [-0.05, 0) is 54.7 Å². The zero-order valence-electron chi connectivity index (χ0n) is 14.9. The Labute approximate surface area is 163 Å². The average Bonchev–Trinajstić information content (AvgIpc) is 3.18. The van der Waals surface area contributed by atoms with Crippen LogP contribution in [0, 0.1) is 0 Å². The number of nitrogens with zero attached hydrogens (tertiary/aromatic N) is 3. The van der Waals surface area contributed by atoms with Crippen LogP contribution in [0.2, 0.25) is 5.02 Å². The molecule has 0 aliphatic carbocycles. The maximum atomic E-state index is 13.1. The van der Waals surface area contributed by atoms with Crippen LogP contribution in [-0.4, -0.2) is 32.5 Å². The van der Waals surface area contributed by atoms with Crippen LogP contribution in [0.3, 0.4) is 0 Å². The first kappa shape index (κ1) is 17.7. The molecule has 1 aliphatic rings. The summed E-state index contributed by atoms with van der Waals surface area (Å²) in [6, 6.07) is 11.5. The minimum absolute atomic E-state index is 0.0103. The first-order chi connectivity index (χ1) is 13.2. The van der Waals surface area contributed by atoms with E-state index in [4.69, 9.17) is 11.6 Å². The van der Waals surface area contributed by atoms with E-state index in [1.165, 1.54) is 0 Å². The number of nitrogens with one attached hydrogen (secondary N) is 1. The van der Waals surface area contributed by atoms with E-state index in [0.29, 0.717) is 11.4 Å². The highest BCUT2D eigenvalue weighted by atomic mass is 35.5. The fraction of sp³-hybridized carbons (Fsp3) is 0.286. The highest BCUT2D eigenvalue weighted by molar-refractivity contribution is 6.30. The summed E-state index contributed by atoms with van der Waals surface area (Å²) < 4.78 is 0. The van der Waals surface area contributed by atoms with E-state index >= 15 is 0 Å². The molecule has 0 saturated carbocycles. The molecule has 1 aliphatic heterocycles. The monoisotopic (exact) mass is 380 g/mol. The molecule has 27 heavy (non-hydrogen) atoms. The Bertz CT molecular complexity index is 925. The largest absolute Gasteiger partial charge is 0.334 e. The molecule has 6 heteroatoms. The lowest BCUT2D eigenvalue weighted by atomic mass is 9.94. The topological polar surface area (TPSA) is 61.9 Å². The second-order valence-corrected chi connectivity index (χ2v) is 7.28. The molecule has 0 bridgehead atoms. The van der Waals surface area contributed by atoms with Crippen LogP contribution in [0.25, 0.3) is 11.1 Å². The van der Waals surface area contributed by atoms with Crippen molar-refractivity contribution in [3.63, 3.8) is 0 Å². The molecule has 1 amide bonds. The number of H-pyrrole nitrogens is 1. The molecule has 4 rings (SSSR count). The molecule has 5 nitrogen and oxygen atoms in total. The van der Waals surface area contributed by atoms with Crippen LogP contribution in [0.4, 0.5) is 0 Å². The van der Waals surface area contributed by atoms with Crippen molar-refractivity contribution in [1.29, 1.82) is 0 Å². The van der Waals surface area contributed by atoms with Gasteiger partial charge in [-0.15, -0.1) is 0 Å². The molecule has 0 spiro atoms. The third-order valence-electron chi connectivity index (χ3n) is 5.06. The van der Waals surface area contributed by atoms with Gasteiger partial charge >= 0.3 is 0 Å². The predicted molar refractivity (Wildman–Crippen MR) is 105 cm³/mol. The average molecular weight is 381 g/mol. The second kappa shape index (κ2) is 7.92. The van der Waals surface area contributed by atoms with Gasteiger partial charge in [-0.3, -0.25) is 14.9 Å². The zero-order chi connectivity index (χ0) is 18.6. The Hall–Kier alpha value is -2.66. The van der Waals surface area contributed by atoms with Crippen molar-refractivity contribution in [2.24, 2.45) is 0 Å². The van der Waals surface area contributed by atoms with Gasteiger partial charge in [0.2, 0.25) is 5.91 Å². The van der Waals surface area contributed by atoms with E-state index in [-0.39, 0.29) is 11.9 Å². The van der Waals surface area contributed by atoms with Gasteiger partial charge in [-0.1, -0.05) is 23.7 Å². The minimum atomic E-state index is 0.0103. The van der Waals surface area contributed by atoms with Crippen molar-refractivity contribution in [3.05, 3.63) is 71.3 Å². The first-order valence-corrected chi connectivity index (χ1v) is 9.58. The SMILES string of the molecule is O=C(Cc1cccc(Cl)c1)N1CCCC[C@@H]1c1[nH]ncc1-c1ccncc1. The minimum Gasteiger partial charge on any atom is -0.334 e. The fourth-order valence-corrected chi connectivity index (χ4v) is 3.98. The molecule has 1 fully saturated rings. The molecular weight excluding hydrogens is 360 g/mol. The van der Waals surface area contributed by atoms with Gasteiger partial charge in [0.1, 0.15) is 0 Å². The van der Waals surface area contributed by atoms with Gasteiger partial charge in [-0.2, -0.15) is 5.10 Å². The van der Waals surface area contributed by atoms with Gasteiger partial charge in [-0.25, -0.2) is 0 Å². The number of aromatic nitrogens is 3. The van der Waals surface area contributed by atoms with Crippen molar-refractivity contribution in [2.45, 2.75) is 31.7 Å². The van der Waals surface area contributed by atoms with Gasteiger partial charge in [0, 0.05) is 29.5 Å². The third kappa shape index (κ3) is 3.88. The van der Waals surface area contributed by atoms with Crippen LogP contribution in [0.1, 0.15) is 36.6 Å². The van der Waals surface area contributed by atoms with E-state index < -0.39 is 0 Å². The standard InChI is InChI=1S/C21H21ClN4O/c22-17-5-3-4-15(12-17)13-20(27)26-11-2-1-6-19(26)21-18(14-24-25-21)16-7-9-23-10-8-16/h3-5,7-10,12,14,19H,1-2,6,11,13H2,(H,24,25)/t19-/m1/s1. The second-order valence-electron chi connectivity index (χ2n) is 6.84. The van der Waals surface area contributed by atoms with Gasteiger partial charge < -0.3 is 4.90 Å². The van der Waals surface area contributed by atoms with E-state index in [9.17, 15) is 4.79 Å². The Morgan fingerprint density at radius 1 is 1.22 bits per heavy atom. The number of likely N-dealkylation sites (tertiary alicyclic amines) is 1. The normalized spacial score (nSPS) is 17.1. The summed E-state index contributed by atoms with van der Waals surface area (Å²) in [6.07, 6.45) is 8.79. The maximum Gasteiger partial charge on any atom is 0.227 e. The Balaban J connectivity index is 1.60. The van der Waals surface area contributed by atoms with Crippen molar-refractivity contribution in [1.82, 2.24) is 20.1 Å². The summed E-state index contributed by atoms with van der Waals surface area (Å²) in [4.78, 5) is 19.1. The number of pyridine rings is 1. The molecule has 0 radical (unpaired) electrons. The number of amides is 1. The lowest BCUT2D eigenvalue weighted by molar-refractivity contribution is -0.134. The lowest BCUT2D eigenvalue weighted by Gasteiger charge is -2.36. The number of benzene rings is 1. The number of rotatable bonds is 4. The number of aromatic amines is 1. The molecule has 0 unspecified atom stereocenters. The van der Waals surface area contributed by atoms with E-state index in [2.05, 4.69) is 15.2 Å². The maximum absolute atomic E-state index is 13.1. The van der Waals surface area contributed by atoms with E-state index in [0.717, 1.165) is 48.2 Å². The molecular formula is C21H21ClN4O. The molecule has 1 atom stereocenters. The van der Waals surface area contributed by atoms with Crippen molar-refractivity contribution < 1.29 is 4.79 Å². The van der Waals surface area contributed by atoms with Gasteiger partial charge in [0.25, 0.3) is 0 Å². The Morgan fingerprint density at radius 3 is 2.89 bits per heavy atom. The number of halogens is 1. The highest BCUT2D eigenvalue weighted by Gasteiger charge is 2.30. The van der Waals surface area contributed by atoms with Gasteiger partial charge in [0.05, 0.1) is 24.4 Å². The van der Waals surface area contributed by atoms with E-state index in [1.54, 1.807) is 12.4 Å². The third-order valence-corrected chi connectivity index (χ3v) is 5.30. The molecule has 1 N–H and O–H groups in total. The summed E-state index contributed by atoms with van der Waals surface area (Å²) in [6.45, 7) is 0.763. The van der Waals surface area contributed by atoms with Crippen LogP contribution >= 0.6 is 11.6 Å². The lowest BCUT2D eigenvalue weighted by Crippen LogP contribution is -2.39. The summed E-state index contributed by atoms with van der Waals surface area (Å²) >= 11 is 6.07. The van der Waals surface area contributed by atoms with Crippen molar-refractivity contribution >= 4 is 17.5 Å². The number of carbonyl (C=O) groups is 1. The van der Waals surface area contributed by atoms with Crippen molar-refractivity contribution in [3.8, 4) is 11.1 Å². The highest BCUT2D eigenvalue weighted by Crippen LogP contribution is 2.35. The molecule has 1 aromatic carbocycles. The number of piperidine rings is 1. The molecule has 3 aromatic rings. The number of carbonyl (C=O) groups excluding carboxylic acids is 1. The summed E-state index contributed by atoms with van der Waals surface area (Å²) in [5.41, 5.74) is 4.03. The summed E-state index contributed by atoms with van der Waals surface area (Å²) in [5.74, 6) is 0.122. The van der Waals surface area contributed by atoms with Crippen LogP contribution in [-0.2, 0) is 11.2 Å². The molecule has 2 aromatic heterocycles. The fourth-order valence-electron chi connectivity index (χ4n) is 3.76. The van der Waals surface area contributed by atoms with Crippen molar-refractivity contribution in [2.75, 3.05) is 6.54 Å². The summed E-state index contributed by atoms with van der Waals surface area (Å²) in [7, 11) is 0. The predicted octanol–water partition coefficient (Wildman–Crippen LogP) is 4.42. The molecule has 3 heterocycles. The number of hydrogen-bond donors (Lipinski definition) is 1. The van der Waals surface area contributed by atoms with Crippen LogP contribution < -0.4 is 0 Å². The Kier molecular flexibility index (Phi) is 5.21. The Morgan fingerprint density at radius 2 is 2.07 bits per heavy atom. The quantitative estimate of drug-likeness (QED) is 0.728. The van der Waals surface area contributed by atoms with Gasteiger partial charge in [0.15, 0.2) is 0 Å². The van der Waals surface area contributed by atoms with Crippen LogP contribution in [0.15, 0.2) is 55.0 Å². The zero-order valence-corrected chi connectivity index (χ0v) is 15.7.